The number of pyridine rings is 1. The zero-order valence-electron chi connectivity index (χ0n) is 24.8. The largest absolute Gasteiger partial charge is 0.384 e. The molecule has 42 heavy (non-hydrogen) atoms. The minimum Gasteiger partial charge on any atom is -0.384 e. The van der Waals surface area contributed by atoms with Gasteiger partial charge in [-0.05, 0) is 44.5 Å². The molecular weight excluding hydrogens is 587 g/mol. The number of amides is 1. The third-order valence-corrected chi connectivity index (χ3v) is 8.59. The number of anilines is 1. The van der Waals surface area contributed by atoms with Crippen molar-refractivity contribution in [1.82, 2.24) is 20.1 Å². The highest BCUT2D eigenvalue weighted by Crippen LogP contribution is 2.41. The van der Waals surface area contributed by atoms with Crippen molar-refractivity contribution in [3.63, 3.8) is 0 Å². The lowest BCUT2D eigenvalue weighted by Gasteiger charge is -2.46. The molecule has 2 fully saturated rings. The minimum absolute atomic E-state index is 0. The Bertz CT molecular complexity index is 1250. The van der Waals surface area contributed by atoms with Gasteiger partial charge in [0.25, 0.3) is 0 Å². The molecule has 12 heteroatoms. The van der Waals surface area contributed by atoms with E-state index in [1.54, 1.807) is 17.2 Å². The highest BCUT2D eigenvalue weighted by Gasteiger charge is 2.41. The monoisotopic (exact) mass is 629 g/mol. The van der Waals surface area contributed by atoms with E-state index in [2.05, 4.69) is 54.7 Å². The van der Waals surface area contributed by atoms with E-state index in [0.29, 0.717) is 43.1 Å². The van der Waals surface area contributed by atoms with Gasteiger partial charge in [-0.15, -0.1) is 24.8 Å². The molecule has 1 aromatic carbocycles. The number of fused-ring (bicyclic) bond motifs is 1. The molecule has 0 radical (unpaired) electrons. The Balaban J connectivity index is 0.00000242. The van der Waals surface area contributed by atoms with Gasteiger partial charge >= 0.3 is 0 Å². The molecule has 3 aliphatic heterocycles. The number of nitrogens with one attached hydrogen (secondary N) is 1. The molecule has 0 bridgehead atoms. The van der Waals surface area contributed by atoms with Crippen molar-refractivity contribution >= 4 is 36.4 Å². The van der Waals surface area contributed by atoms with E-state index in [4.69, 9.17) is 4.74 Å². The molecule has 0 spiro atoms. The number of benzene rings is 1. The maximum Gasteiger partial charge on any atom is 0.241 e. The highest BCUT2D eigenvalue weighted by atomic mass is 35.5. The van der Waals surface area contributed by atoms with Gasteiger partial charge in [-0.2, -0.15) is 0 Å². The topological polar surface area (TPSA) is 81.2 Å². The van der Waals surface area contributed by atoms with Crippen LogP contribution in [0.2, 0.25) is 0 Å². The van der Waals surface area contributed by atoms with Gasteiger partial charge < -0.3 is 20.1 Å². The molecule has 5 rings (SSSR count). The molecule has 3 aliphatic rings. The van der Waals surface area contributed by atoms with Crippen molar-refractivity contribution in [3.8, 4) is 0 Å². The summed E-state index contributed by atoms with van der Waals surface area (Å²) in [6, 6.07) is 6.18. The summed E-state index contributed by atoms with van der Waals surface area (Å²) in [6.45, 7) is 15.2. The Labute approximate surface area is 259 Å². The molecule has 2 aromatic rings. The fourth-order valence-electron chi connectivity index (χ4n) is 6.30. The fraction of sp³-hybridized carbons (Fsp3) is 0.600. The number of aromatic nitrogens is 1. The Morgan fingerprint density at radius 2 is 1.81 bits per heavy atom. The number of aliphatic hydroxyl groups excluding tert-OH is 1. The second-order valence-corrected chi connectivity index (χ2v) is 12.4. The predicted octanol–water partition coefficient (Wildman–Crippen LogP) is 3.68. The van der Waals surface area contributed by atoms with Crippen LogP contribution in [0.15, 0.2) is 30.5 Å². The van der Waals surface area contributed by atoms with Crippen molar-refractivity contribution in [2.45, 2.75) is 70.3 Å². The number of morpholine rings is 1. The molecule has 4 heterocycles. The molecule has 1 amide bonds. The molecule has 1 aromatic heterocycles. The Morgan fingerprint density at radius 1 is 1.12 bits per heavy atom. The number of hydrogen-bond donors (Lipinski definition) is 2. The number of hydrogen-bond acceptors (Lipinski definition) is 7. The zero-order valence-corrected chi connectivity index (χ0v) is 26.5. The smallest absolute Gasteiger partial charge is 0.241 e. The van der Waals surface area contributed by atoms with Crippen LogP contribution in [0.1, 0.15) is 57.5 Å². The van der Waals surface area contributed by atoms with Gasteiger partial charge in [0.15, 0.2) is 11.6 Å². The first-order chi connectivity index (χ1) is 18.9. The number of halogens is 4. The summed E-state index contributed by atoms with van der Waals surface area (Å²) in [5.41, 5.74) is 1.71. The first-order valence-electron chi connectivity index (χ1n) is 14.2. The summed E-state index contributed by atoms with van der Waals surface area (Å²) in [7, 11) is 0. The van der Waals surface area contributed by atoms with Crippen LogP contribution in [0.4, 0.5) is 14.5 Å². The standard InChI is InChI=1S/C30H41F2N5O3.2ClH/c1-18-12-35(23(11-33-18)13-36-19(2)15-40-16-20(36)3)14-27(38)37-17-30(4,5)29-26(37)9-22(10-34-29)28(39)21-6-7-24(31)25(32)8-21;;/h6-10,18-20,23,28,33,39H,11-17H2,1-5H3;2*1H. The highest BCUT2D eigenvalue weighted by molar-refractivity contribution is 5.97. The summed E-state index contributed by atoms with van der Waals surface area (Å²) >= 11 is 0. The lowest BCUT2D eigenvalue weighted by atomic mass is 9.90. The molecule has 2 saturated heterocycles. The molecule has 0 aliphatic carbocycles. The lowest BCUT2D eigenvalue weighted by molar-refractivity contribution is -0.121. The Morgan fingerprint density at radius 3 is 2.48 bits per heavy atom. The molecule has 234 valence electrons. The molecule has 5 unspecified atom stereocenters. The summed E-state index contributed by atoms with van der Waals surface area (Å²) < 4.78 is 33.0. The van der Waals surface area contributed by atoms with Crippen LogP contribution < -0.4 is 10.2 Å². The van der Waals surface area contributed by atoms with Crippen LogP contribution in [0.3, 0.4) is 0 Å². The number of carbonyl (C=O) groups excluding carboxylic acids is 1. The van der Waals surface area contributed by atoms with Crippen molar-refractivity contribution in [2.75, 3.05) is 50.8 Å². The first-order valence-corrected chi connectivity index (χ1v) is 14.2. The Kier molecular flexibility index (Phi) is 11.4. The molecule has 8 nitrogen and oxygen atoms in total. The fourth-order valence-corrected chi connectivity index (χ4v) is 6.30. The summed E-state index contributed by atoms with van der Waals surface area (Å²) in [5.74, 6) is -2.01. The van der Waals surface area contributed by atoms with Crippen molar-refractivity contribution < 1.29 is 23.4 Å². The second-order valence-electron chi connectivity index (χ2n) is 12.4. The average Bonchev–Trinajstić information content (AvgIpc) is 3.18. The third kappa shape index (κ3) is 7.07. The summed E-state index contributed by atoms with van der Waals surface area (Å²) in [5, 5.41) is 14.5. The van der Waals surface area contributed by atoms with E-state index in [1.165, 1.54) is 6.07 Å². The van der Waals surface area contributed by atoms with Crippen LogP contribution in [-0.2, 0) is 14.9 Å². The molecular formula is C30H43Cl2F2N5O3. The molecule has 0 saturated carbocycles. The number of aliphatic hydroxyl groups is 1. The second kappa shape index (κ2) is 13.8. The van der Waals surface area contributed by atoms with Crippen LogP contribution in [0.5, 0.6) is 0 Å². The van der Waals surface area contributed by atoms with Crippen LogP contribution >= 0.6 is 24.8 Å². The van der Waals surface area contributed by atoms with E-state index >= 15 is 0 Å². The van der Waals surface area contributed by atoms with Crippen LogP contribution in [0.25, 0.3) is 0 Å². The van der Waals surface area contributed by atoms with E-state index in [9.17, 15) is 18.7 Å². The van der Waals surface area contributed by atoms with E-state index in [1.807, 2.05) is 0 Å². The molecule has 5 atom stereocenters. The first kappa shape index (κ1) is 34.6. The van der Waals surface area contributed by atoms with Crippen molar-refractivity contribution in [3.05, 3.63) is 58.9 Å². The minimum atomic E-state index is -1.20. The molecule has 2 N–H and O–H groups in total. The maximum absolute atomic E-state index is 13.9. The normalized spacial score (nSPS) is 26.6. The van der Waals surface area contributed by atoms with Gasteiger partial charge in [0.05, 0.1) is 31.1 Å². The predicted molar refractivity (Wildman–Crippen MR) is 164 cm³/mol. The van der Waals surface area contributed by atoms with Crippen LogP contribution in [0, 0.1) is 11.6 Å². The number of piperazine rings is 1. The van der Waals surface area contributed by atoms with E-state index in [-0.39, 0.29) is 60.3 Å². The zero-order chi connectivity index (χ0) is 28.8. The lowest BCUT2D eigenvalue weighted by Crippen LogP contribution is -2.63. The van der Waals surface area contributed by atoms with Gasteiger partial charge in [0.2, 0.25) is 5.91 Å². The van der Waals surface area contributed by atoms with Gasteiger partial charge in [-0.1, -0.05) is 19.9 Å². The SMILES string of the molecule is CC1CN(CC(=O)N2CC(C)(C)c3ncc(C(O)c4ccc(F)c(F)c4)cc32)C(CN2C(C)COCC2C)CN1.Cl.Cl. The quantitative estimate of drug-likeness (QED) is 0.505. The maximum atomic E-state index is 13.9. The Hall–Kier alpha value is -1.92. The van der Waals surface area contributed by atoms with Gasteiger partial charge in [0, 0.05) is 67.5 Å². The number of rotatable bonds is 6. The van der Waals surface area contributed by atoms with Crippen LogP contribution in [-0.4, -0.2) is 95.9 Å². The van der Waals surface area contributed by atoms with Gasteiger partial charge in [-0.3, -0.25) is 19.6 Å². The third-order valence-electron chi connectivity index (χ3n) is 8.59. The van der Waals surface area contributed by atoms with E-state index in [0.717, 1.165) is 37.5 Å². The summed E-state index contributed by atoms with van der Waals surface area (Å²) in [6.07, 6.45) is 0.351. The van der Waals surface area contributed by atoms with Gasteiger partial charge in [-0.25, -0.2) is 8.78 Å². The van der Waals surface area contributed by atoms with E-state index < -0.39 is 17.7 Å². The van der Waals surface area contributed by atoms with Gasteiger partial charge in [0.1, 0.15) is 6.10 Å². The average molecular weight is 631 g/mol. The number of nitrogens with zero attached hydrogens (tertiary/aromatic N) is 4. The number of ether oxygens (including phenoxy) is 1. The van der Waals surface area contributed by atoms with Crippen molar-refractivity contribution in [2.24, 2.45) is 0 Å². The number of carbonyl (C=O) groups is 1. The van der Waals surface area contributed by atoms with Crippen molar-refractivity contribution in [1.29, 1.82) is 0 Å². The summed E-state index contributed by atoms with van der Waals surface area (Å²) in [4.78, 5) is 25.1.